The van der Waals surface area contributed by atoms with Crippen molar-refractivity contribution in [1.82, 2.24) is 4.90 Å². The molecule has 10 heteroatoms. The summed E-state index contributed by atoms with van der Waals surface area (Å²) in [5, 5.41) is 3.78. The van der Waals surface area contributed by atoms with Crippen molar-refractivity contribution < 1.29 is 23.9 Å². The highest BCUT2D eigenvalue weighted by molar-refractivity contribution is 7.80. The molecule has 1 aliphatic rings. The maximum absolute atomic E-state index is 13.6. The van der Waals surface area contributed by atoms with Crippen molar-refractivity contribution in [3.05, 3.63) is 88.9 Å². The van der Waals surface area contributed by atoms with E-state index < -0.39 is 12.0 Å². The molecule has 0 spiro atoms. The summed E-state index contributed by atoms with van der Waals surface area (Å²) in [6, 6.07) is 20.1. The summed E-state index contributed by atoms with van der Waals surface area (Å²) in [5.74, 6) is -0.418. The fourth-order valence-electron chi connectivity index (χ4n) is 4.25. The molecule has 1 atom stereocenters. The summed E-state index contributed by atoms with van der Waals surface area (Å²) in [6.45, 7) is 2.44. The lowest BCUT2D eigenvalue weighted by molar-refractivity contribution is -0.124. The van der Waals surface area contributed by atoms with Gasteiger partial charge in [-0.1, -0.05) is 23.7 Å². The Morgan fingerprint density at radius 3 is 2.28 bits per heavy atom. The Balaban J connectivity index is 1.51. The van der Waals surface area contributed by atoms with Crippen molar-refractivity contribution in [2.75, 3.05) is 30.5 Å². The summed E-state index contributed by atoms with van der Waals surface area (Å²) in [6.07, 6.45) is 0.500. The Bertz CT molecular complexity index is 1350. The molecule has 0 saturated carbocycles. The molecule has 1 heterocycles. The van der Waals surface area contributed by atoms with E-state index in [0.717, 1.165) is 5.56 Å². The summed E-state index contributed by atoms with van der Waals surface area (Å²) in [4.78, 5) is 41.8. The number of thiocarbonyl (C=S) groups is 1. The van der Waals surface area contributed by atoms with Crippen LogP contribution in [0.25, 0.3) is 0 Å². The minimum atomic E-state index is -0.786. The smallest absolute Gasteiger partial charge is 0.338 e. The molecule has 1 fully saturated rings. The van der Waals surface area contributed by atoms with Gasteiger partial charge in [-0.3, -0.25) is 14.5 Å². The number of methoxy groups -OCH3 is 1. The quantitative estimate of drug-likeness (QED) is 0.270. The van der Waals surface area contributed by atoms with E-state index in [1.807, 2.05) is 24.3 Å². The number of esters is 1. The first kappa shape index (κ1) is 28.1. The van der Waals surface area contributed by atoms with Crippen LogP contribution in [0.3, 0.4) is 0 Å². The van der Waals surface area contributed by atoms with Gasteiger partial charge in [-0.15, -0.1) is 0 Å². The number of nitrogens with one attached hydrogen (secondary N) is 1. The molecule has 4 rings (SSSR count). The van der Waals surface area contributed by atoms with E-state index in [1.165, 1.54) is 4.90 Å². The Hall–Kier alpha value is -3.95. The molecule has 1 saturated heterocycles. The molecular formula is C29H28ClN3O5S. The average Bonchev–Trinajstić information content (AvgIpc) is 3.17. The van der Waals surface area contributed by atoms with Crippen molar-refractivity contribution in [1.29, 1.82) is 0 Å². The summed E-state index contributed by atoms with van der Waals surface area (Å²) in [5.41, 5.74) is 2.51. The van der Waals surface area contributed by atoms with Crippen LogP contribution in [0.15, 0.2) is 72.8 Å². The van der Waals surface area contributed by atoms with Crippen LogP contribution < -0.4 is 15.0 Å². The lowest BCUT2D eigenvalue weighted by Gasteiger charge is -2.24. The molecule has 0 aliphatic carbocycles. The summed E-state index contributed by atoms with van der Waals surface area (Å²) >= 11 is 11.8. The van der Waals surface area contributed by atoms with Gasteiger partial charge in [0.1, 0.15) is 11.8 Å². The average molecular weight is 566 g/mol. The monoisotopic (exact) mass is 565 g/mol. The van der Waals surface area contributed by atoms with Gasteiger partial charge in [0.05, 0.1) is 31.4 Å². The van der Waals surface area contributed by atoms with Crippen molar-refractivity contribution in [2.24, 2.45) is 0 Å². The van der Waals surface area contributed by atoms with Gasteiger partial charge in [-0.2, -0.15) is 0 Å². The number of carbonyl (C=O) groups is 3. The van der Waals surface area contributed by atoms with Gasteiger partial charge in [0.2, 0.25) is 5.91 Å². The van der Waals surface area contributed by atoms with Crippen LogP contribution >= 0.6 is 23.8 Å². The lowest BCUT2D eigenvalue weighted by Crippen LogP contribution is -2.39. The first-order valence-electron chi connectivity index (χ1n) is 12.4. The van der Waals surface area contributed by atoms with Crippen molar-refractivity contribution >= 4 is 58.1 Å². The SMILES string of the molecule is CCOC(=O)c1ccc(NC(=O)C[C@H]2C(=O)N(c3ccc(OC)cc3)C(=S)N2CCc2ccc(Cl)cc2)cc1. The van der Waals surface area contributed by atoms with Gasteiger partial charge in [-0.25, -0.2) is 4.79 Å². The van der Waals surface area contributed by atoms with E-state index in [2.05, 4.69) is 5.32 Å². The van der Waals surface area contributed by atoms with E-state index in [9.17, 15) is 14.4 Å². The first-order valence-corrected chi connectivity index (χ1v) is 13.2. The van der Waals surface area contributed by atoms with E-state index >= 15 is 0 Å². The molecule has 2 amide bonds. The molecule has 0 unspecified atom stereocenters. The Morgan fingerprint density at radius 1 is 1.00 bits per heavy atom. The number of benzene rings is 3. The predicted octanol–water partition coefficient (Wildman–Crippen LogP) is 5.10. The number of carbonyl (C=O) groups excluding carboxylic acids is 3. The minimum absolute atomic E-state index is 0.105. The zero-order valence-electron chi connectivity index (χ0n) is 21.6. The zero-order valence-corrected chi connectivity index (χ0v) is 23.1. The number of halogens is 1. The molecule has 1 aliphatic heterocycles. The summed E-state index contributed by atoms with van der Waals surface area (Å²) < 4.78 is 10.2. The molecule has 3 aromatic carbocycles. The minimum Gasteiger partial charge on any atom is -0.497 e. The van der Waals surface area contributed by atoms with Gasteiger partial charge in [0.15, 0.2) is 5.11 Å². The fraction of sp³-hybridized carbons (Fsp3) is 0.241. The van der Waals surface area contributed by atoms with Crippen molar-refractivity contribution in [3.63, 3.8) is 0 Å². The number of hydrogen-bond donors (Lipinski definition) is 1. The predicted molar refractivity (Wildman–Crippen MR) is 154 cm³/mol. The molecule has 0 bridgehead atoms. The third kappa shape index (κ3) is 6.74. The van der Waals surface area contributed by atoms with E-state index in [0.29, 0.717) is 45.8 Å². The molecule has 8 nitrogen and oxygen atoms in total. The third-order valence-corrected chi connectivity index (χ3v) is 6.93. The second-order valence-corrected chi connectivity index (χ2v) is 9.59. The van der Waals surface area contributed by atoms with Crippen LogP contribution in [0.5, 0.6) is 5.75 Å². The number of ether oxygens (including phenoxy) is 2. The zero-order chi connectivity index (χ0) is 27.9. The van der Waals surface area contributed by atoms with Crippen LogP contribution in [0.1, 0.15) is 29.3 Å². The Morgan fingerprint density at radius 2 is 1.67 bits per heavy atom. The first-order chi connectivity index (χ1) is 18.8. The lowest BCUT2D eigenvalue weighted by atomic mass is 10.1. The molecule has 202 valence electrons. The normalized spacial score (nSPS) is 14.9. The van der Waals surface area contributed by atoms with Crippen molar-refractivity contribution in [2.45, 2.75) is 25.8 Å². The summed E-state index contributed by atoms with van der Waals surface area (Å²) in [7, 11) is 1.57. The molecule has 0 aromatic heterocycles. The molecular weight excluding hydrogens is 538 g/mol. The maximum Gasteiger partial charge on any atom is 0.338 e. The van der Waals surface area contributed by atoms with Crippen LogP contribution in [0, 0.1) is 0 Å². The van der Waals surface area contributed by atoms with E-state index in [1.54, 1.807) is 67.5 Å². The van der Waals surface area contributed by atoms with Gasteiger partial charge in [-0.05, 0) is 91.8 Å². The highest BCUT2D eigenvalue weighted by Gasteiger charge is 2.43. The second-order valence-electron chi connectivity index (χ2n) is 8.79. The highest BCUT2D eigenvalue weighted by Crippen LogP contribution is 2.29. The third-order valence-electron chi connectivity index (χ3n) is 6.26. The molecule has 0 radical (unpaired) electrons. The van der Waals surface area contributed by atoms with E-state index in [4.69, 9.17) is 33.3 Å². The largest absolute Gasteiger partial charge is 0.497 e. The van der Waals surface area contributed by atoms with Crippen LogP contribution in [0.4, 0.5) is 11.4 Å². The van der Waals surface area contributed by atoms with Gasteiger partial charge in [0, 0.05) is 17.3 Å². The van der Waals surface area contributed by atoms with E-state index in [-0.39, 0.29) is 24.8 Å². The van der Waals surface area contributed by atoms with Crippen LogP contribution in [-0.4, -0.2) is 54.1 Å². The topological polar surface area (TPSA) is 88.2 Å². The number of hydrogen-bond acceptors (Lipinski definition) is 6. The van der Waals surface area contributed by atoms with Crippen LogP contribution in [0.2, 0.25) is 5.02 Å². The van der Waals surface area contributed by atoms with Gasteiger partial charge >= 0.3 is 5.97 Å². The molecule has 3 aromatic rings. The van der Waals surface area contributed by atoms with Gasteiger partial charge in [0.25, 0.3) is 5.91 Å². The fourth-order valence-corrected chi connectivity index (χ4v) is 4.79. The maximum atomic E-state index is 13.6. The van der Waals surface area contributed by atoms with Crippen LogP contribution in [-0.2, 0) is 20.7 Å². The number of rotatable bonds is 10. The Labute approximate surface area is 237 Å². The number of nitrogens with zero attached hydrogens (tertiary/aromatic N) is 2. The Kier molecular flexibility index (Phi) is 9.16. The number of amides is 2. The second kappa shape index (κ2) is 12.7. The molecule has 39 heavy (non-hydrogen) atoms. The standard InChI is InChI=1S/C29H28ClN3O5S/c1-3-38-28(36)20-6-10-22(11-7-20)31-26(34)18-25-27(35)33(23-12-14-24(37-2)15-13-23)29(39)32(25)17-16-19-4-8-21(30)9-5-19/h4-15,25H,3,16-18H2,1-2H3,(H,31,34)/t25-/m0/s1. The molecule has 1 N–H and O–H groups in total. The number of anilines is 2. The van der Waals surface area contributed by atoms with Gasteiger partial charge < -0.3 is 19.7 Å². The van der Waals surface area contributed by atoms with Crippen molar-refractivity contribution in [3.8, 4) is 5.75 Å². The highest BCUT2D eigenvalue weighted by atomic mass is 35.5.